The minimum Gasteiger partial charge on any atom is -0.375 e. The first kappa shape index (κ1) is 18.8. The first-order valence-electron chi connectivity index (χ1n) is 7.72. The van der Waals surface area contributed by atoms with E-state index >= 15 is 0 Å². The molecule has 0 radical (unpaired) electrons. The second-order valence-corrected chi connectivity index (χ2v) is 6.63. The molecule has 1 aromatic carbocycles. The Morgan fingerprint density at radius 2 is 2.17 bits per heavy atom. The predicted molar refractivity (Wildman–Crippen MR) is 94.6 cm³/mol. The van der Waals surface area contributed by atoms with Crippen molar-refractivity contribution in [2.45, 2.75) is 31.4 Å². The molecule has 23 heavy (non-hydrogen) atoms. The molecule has 3 rings (SSSR count). The van der Waals surface area contributed by atoms with Crippen LogP contribution in [0.4, 0.5) is 0 Å². The molecule has 2 fully saturated rings. The second-order valence-electron chi connectivity index (χ2n) is 5.82. The molecule has 2 saturated heterocycles. The zero-order chi connectivity index (χ0) is 15.5. The van der Waals surface area contributed by atoms with Crippen molar-refractivity contribution in [1.82, 2.24) is 10.2 Å². The van der Waals surface area contributed by atoms with Crippen LogP contribution in [0.15, 0.2) is 18.2 Å². The molecule has 7 heteroatoms. The van der Waals surface area contributed by atoms with E-state index < -0.39 is 0 Å². The third-order valence-electron chi connectivity index (χ3n) is 4.31. The van der Waals surface area contributed by atoms with Gasteiger partial charge in [-0.3, -0.25) is 4.79 Å². The minimum atomic E-state index is -0.0173. The highest BCUT2D eigenvalue weighted by Gasteiger charge is 2.31. The van der Waals surface area contributed by atoms with Crippen LogP contribution in [-0.2, 0) is 9.53 Å². The van der Waals surface area contributed by atoms with Gasteiger partial charge in [-0.15, -0.1) is 12.4 Å². The number of likely N-dealkylation sites (tertiary alicyclic amines) is 1. The molecule has 0 saturated carbocycles. The van der Waals surface area contributed by atoms with E-state index in [1.807, 2.05) is 17.0 Å². The van der Waals surface area contributed by atoms with Crippen molar-refractivity contribution in [2.24, 2.45) is 0 Å². The van der Waals surface area contributed by atoms with Crippen LogP contribution in [0.3, 0.4) is 0 Å². The molecule has 128 valence electrons. The fraction of sp³-hybridized carbons (Fsp3) is 0.562. The summed E-state index contributed by atoms with van der Waals surface area (Å²) >= 11 is 12.1. The van der Waals surface area contributed by atoms with Crippen LogP contribution in [0.5, 0.6) is 0 Å². The number of nitrogens with one attached hydrogen (secondary N) is 1. The van der Waals surface area contributed by atoms with Gasteiger partial charge in [0.05, 0.1) is 35.2 Å². The number of rotatable bonds is 3. The van der Waals surface area contributed by atoms with Crippen molar-refractivity contribution < 1.29 is 9.53 Å². The lowest BCUT2D eigenvalue weighted by Gasteiger charge is -2.29. The number of morpholine rings is 1. The van der Waals surface area contributed by atoms with Gasteiger partial charge in [-0.1, -0.05) is 29.3 Å². The molecule has 2 aliphatic rings. The highest BCUT2D eigenvalue weighted by molar-refractivity contribution is 6.42. The molecule has 2 atom stereocenters. The first-order chi connectivity index (χ1) is 10.6. The Morgan fingerprint density at radius 3 is 2.87 bits per heavy atom. The Morgan fingerprint density at radius 1 is 1.35 bits per heavy atom. The van der Waals surface area contributed by atoms with Crippen molar-refractivity contribution in [3.63, 3.8) is 0 Å². The summed E-state index contributed by atoms with van der Waals surface area (Å²) in [6.07, 6.45) is 2.40. The number of ether oxygens (including phenoxy) is 1. The maximum absolute atomic E-state index is 12.6. The molecule has 1 N–H and O–H groups in total. The Labute approximate surface area is 152 Å². The number of nitrogens with zero attached hydrogens (tertiary/aromatic N) is 1. The summed E-state index contributed by atoms with van der Waals surface area (Å²) in [6, 6.07) is 5.73. The fourth-order valence-corrected chi connectivity index (χ4v) is 3.50. The van der Waals surface area contributed by atoms with Gasteiger partial charge >= 0.3 is 0 Å². The zero-order valence-corrected chi connectivity index (χ0v) is 15.1. The third-order valence-corrected chi connectivity index (χ3v) is 5.05. The van der Waals surface area contributed by atoms with E-state index in [0.717, 1.165) is 38.0 Å². The predicted octanol–water partition coefficient (Wildman–Crippen LogP) is 3.46. The van der Waals surface area contributed by atoms with Crippen LogP contribution in [0.1, 0.15) is 30.9 Å². The first-order valence-corrected chi connectivity index (χ1v) is 8.47. The molecule has 4 nitrogen and oxygen atoms in total. The van der Waals surface area contributed by atoms with Gasteiger partial charge in [-0.2, -0.15) is 0 Å². The summed E-state index contributed by atoms with van der Waals surface area (Å²) in [6.45, 7) is 3.08. The molecule has 0 aromatic heterocycles. The minimum absolute atomic E-state index is 0. The van der Waals surface area contributed by atoms with Gasteiger partial charge in [0.25, 0.3) is 0 Å². The monoisotopic (exact) mass is 378 g/mol. The quantitative estimate of drug-likeness (QED) is 0.874. The summed E-state index contributed by atoms with van der Waals surface area (Å²) in [4.78, 5) is 14.6. The van der Waals surface area contributed by atoms with Gasteiger partial charge in [0.15, 0.2) is 0 Å². The normalized spacial score (nSPS) is 24.3. The Balaban J connectivity index is 0.00000192. The number of benzene rings is 1. The Kier molecular flexibility index (Phi) is 6.99. The van der Waals surface area contributed by atoms with E-state index in [9.17, 15) is 4.79 Å². The molecule has 0 bridgehead atoms. The molecule has 2 aliphatic heterocycles. The summed E-state index contributed by atoms with van der Waals surface area (Å²) in [5.74, 6) is 0.155. The van der Waals surface area contributed by atoms with Crippen molar-refractivity contribution in [3.05, 3.63) is 33.8 Å². The largest absolute Gasteiger partial charge is 0.375 e. The number of carbonyl (C=O) groups is 1. The van der Waals surface area contributed by atoms with Crippen molar-refractivity contribution in [1.29, 1.82) is 0 Å². The molecule has 0 spiro atoms. The van der Waals surface area contributed by atoms with Crippen molar-refractivity contribution in [3.8, 4) is 0 Å². The molecule has 1 amide bonds. The van der Waals surface area contributed by atoms with Crippen LogP contribution >= 0.6 is 35.6 Å². The topological polar surface area (TPSA) is 41.6 Å². The highest BCUT2D eigenvalue weighted by Crippen LogP contribution is 2.35. The van der Waals surface area contributed by atoms with Crippen LogP contribution in [0.25, 0.3) is 0 Å². The standard InChI is InChI=1S/C16H20Cl2N2O2.ClH/c17-13-4-3-11(8-14(13)18)15-2-1-6-20(15)16(21)9-12-10-19-5-7-22-12;/h3-4,8,12,15,19H,1-2,5-7,9-10H2;1H. The van der Waals surface area contributed by atoms with Gasteiger partial charge < -0.3 is 15.0 Å². The maximum atomic E-state index is 12.6. The molecule has 2 unspecified atom stereocenters. The SMILES string of the molecule is Cl.O=C(CC1CNCCO1)N1CCCC1c1ccc(Cl)c(Cl)c1. The number of hydrogen-bond donors (Lipinski definition) is 1. The summed E-state index contributed by atoms with van der Waals surface area (Å²) in [5.41, 5.74) is 1.06. The Hall–Kier alpha value is -0.520. The number of carbonyl (C=O) groups excluding carboxylic acids is 1. The molecular formula is C16H21Cl3N2O2. The number of hydrogen-bond acceptors (Lipinski definition) is 3. The van der Waals surface area contributed by atoms with E-state index in [1.54, 1.807) is 6.07 Å². The van der Waals surface area contributed by atoms with Crippen LogP contribution in [0, 0.1) is 0 Å². The fourth-order valence-electron chi connectivity index (χ4n) is 3.19. The van der Waals surface area contributed by atoms with Gasteiger partial charge in [-0.05, 0) is 30.5 Å². The average molecular weight is 380 g/mol. The lowest BCUT2D eigenvalue weighted by atomic mass is 10.0. The molecular weight excluding hydrogens is 359 g/mol. The van der Waals surface area contributed by atoms with Gasteiger partial charge in [-0.25, -0.2) is 0 Å². The number of halogens is 3. The van der Waals surface area contributed by atoms with Crippen molar-refractivity contribution >= 4 is 41.5 Å². The smallest absolute Gasteiger partial charge is 0.225 e. The third kappa shape index (κ3) is 4.52. The summed E-state index contributed by atoms with van der Waals surface area (Å²) in [5, 5.41) is 4.34. The highest BCUT2D eigenvalue weighted by atomic mass is 35.5. The van der Waals surface area contributed by atoms with Gasteiger partial charge in [0, 0.05) is 19.6 Å². The summed E-state index contributed by atoms with van der Waals surface area (Å²) in [7, 11) is 0. The molecule has 2 heterocycles. The summed E-state index contributed by atoms with van der Waals surface area (Å²) < 4.78 is 5.64. The zero-order valence-electron chi connectivity index (χ0n) is 12.8. The lowest BCUT2D eigenvalue weighted by molar-refractivity contribution is -0.135. The lowest BCUT2D eigenvalue weighted by Crippen LogP contribution is -2.42. The van der Waals surface area contributed by atoms with E-state index in [2.05, 4.69) is 5.32 Å². The van der Waals surface area contributed by atoms with Crippen LogP contribution < -0.4 is 5.32 Å². The van der Waals surface area contributed by atoms with Gasteiger partial charge in [0.1, 0.15) is 0 Å². The van der Waals surface area contributed by atoms with E-state index in [0.29, 0.717) is 23.1 Å². The van der Waals surface area contributed by atoms with E-state index in [4.69, 9.17) is 27.9 Å². The van der Waals surface area contributed by atoms with Crippen molar-refractivity contribution in [2.75, 3.05) is 26.2 Å². The maximum Gasteiger partial charge on any atom is 0.225 e. The average Bonchev–Trinajstić information content (AvgIpc) is 3.01. The van der Waals surface area contributed by atoms with E-state index in [-0.39, 0.29) is 30.5 Å². The Bertz CT molecular complexity index is 550. The number of amides is 1. The second kappa shape index (κ2) is 8.54. The molecule has 1 aromatic rings. The van der Waals surface area contributed by atoms with Crippen LogP contribution in [0.2, 0.25) is 10.0 Å². The van der Waals surface area contributed by atoms with E-state index in [1.165, 1.54) is 0 Å². The van der Waals surface area contributed by atoms with Gasteiger partial charge in [0.2, 0.25) is 5.91 Å². The van der Waals surface area contributed by atoms with Crippen LogP contribution in [-0.4, -0.2) is 43.2 Å². The molecule has 0 aliphatic carbocycles.